The summed E-state index contributed by atoms with van der Waals surface area (Å²) in [7, 11) is 0. The number of ether oxygens (including phenoxy) is 2. The SMILES string of the molecule is Cc1cc(C(=O)Cn2cnc3ncccc3c2=O)c(C)n1-c1ccc2c(c1)OCO2. The van der Waals surface area contributed by atoms with Gasteiger partial charge in [-0.3, -0.25) is 14.2 Å². The molecule has 0 aliphatic carbocycles. The van der Waals surface area contributed by atoms with Gasteiger partial charge in [-0.15, -0.1) is 0 Å². The Kier molecular flexibility index (Phi) is 4.13. The Bertz CT molecular complexity index is 1370. The molecule has 5 rings (SSSR count). The first-order chi connectivity index (χ1) is 14.5. The first-order valence-electron chi connectivity index (χ1n) is 9.45. The van der Waals surface area contributed by atoms with Crippen molar-refractivity contribution in [2.45, 2.75) is 20.4 Å². The lowest BCUT2D eigenvalue weighted by Crippen LogP contribution is -2.25. The molecule has 0 saturated carbocycles. The molecule has 0 fully saturated rings. The fourth-order valence-electron chi connectivity index (χ4n) is 3.82. The first kappa shape index (κ1) is 18.1. The lowest BCUT2D eigenvalue weighted by Gasteiger charge is -2.11. The van der Waals surface area contributed by atoms with Crippen LogP contribution < -0.4 is 15.0 Å². The van der Waals surface area contributed by atoms with Crippen LogP contribution in [0.4, 0.5) is 0 Å². The summed E-state index contributed by atoms with van der Waals surface area (Å²) in [5.41, 5.74) is 3.22. The van der Waals surface area contributed by atoms with Crippen molar-refractivity contribution in [2.24, 2.45) is 0 Å². The molecule has 0 radical (unpaired) electrons. The number of pyridine rings is 1. The maximum Gasteiger partial charge on any atom is 0.263 e. The Labute approximate surface area is 171 Å². The molecule has 8 nitrogen and oxygen atoms in total. The zero-order valence-electron chi connectivity index (χ0n) is 16.5. The summed E-state index contributed by atoms with van der Waals surface area (Å²) in [6.45, 7) is 3.93. The monoisotopic (exact) mass is 402 g/mol. The topological polar surface area (TPSA) is 88.2 Å². The number of aromatic nitrogens is 4. The van der Waals surface area contributed by atoms with Gasteiger partial charge in [0.15, 0.2) is 22.9 Å². The van der Waals surface area contributed by atoms with Gasteiger partial charge in [0, 0.05) is 34.9 Å². The fraction of sp³-hybridized carbons (Fsp3) is 0.182. The molecule has 4 heterocycles. The molecular weight excluding hydrogens is 384 g/mol. The number of fused-ring (bicyclic) bond motifs is 2. The van der Waals surface area contributed by atoms with Crippen LogP contribution in [0.5, 0.6) is 11.5 Å². The van der Waals surface area contributed by atoms with Gasteiger partial charge in [0.2, 0.25) is 6.79 Å². The van der Waals surface area contributed by atoms with Crippen LogP contribution in [0.3, 0.4) is 0 Å². The Morgan fingerprint density at radius 2 is 1.93 bits per heavy atom. The number of hydrogen-bond donors (Lipinski definition) is 0. The third-order valence-corrected chi connectivity index (χ3v) is 5.26. The van der Waals surface area contributed by atoms with Crippen molar-refractivity contribution in [3.8, 4) is 17.2 Å². The van der Waals surface area contributed by atoms with Crippen molar-refractivity contribution in [2.75, 3.05) is 6.79 Å². The van der Waals surface area contributed by atoms with E-state index in [2.05, 4.69) is 9.97 Å². The van der Waals surface area contributed by atoms with E-state index in [-0.39, 0.29) is 24.7 Å². The molecule has 0 spiro atoms. The quantitative estimate of drug-likeness (QED) is 0.488. The summed E-state index contributed by atoms with van der Waals surface area (Å²) >= 11 is 0. The summed E-state index contributed by atoms with van der Waals surface area (Å²) in [5.74, 6) is 1.22. The van der Waals surface area contributed by atoms with Crippen LogP contribution in [-0.4, -0.2) is 31.7 Å². The van der Waals surface area contributed by atoms with Gasteiger partial charge in [-0.1, -0.05) is 0 Å². The van der Waals surface area contributed by atoms with Crippen LogP contribution in [0.15, 0.2) is 53.7 Å². The lowest BCUT2D eigenvalue weighted by molar-refractivity contribution is 0.0970. The van der Waals surface area contributed by atoms with Crippen molar-refractivity contribution < 1.29 is 14.3 Å². The molecule has 4 aromatic rings. The summed E-state index contributed by atoms with van der Waals surface area (Å²) in [5, 5.41) is 0.388. The van der Waals surface area contributed by atoms with E-state index < -0.39 is 0 Å². The molecule has 0 bridgehead atoms. The largest absolute Gasteiger partial charge is 0.454 e. The van der Waals surface area contributed by atoms with Crippen LogP contribution in [-0.2, 0) is 6.54 Å². The van der Waals surface area contributed by atoms with E-state index in [0.717, 1.165) is 17.1 Å². The fourth-order valence-corrected chi connectivity index (χ4v) is 3.82. The second-order valence-corrected chi connectivity index (χ2v) is 7.13. The summed E-state index contributed by atoms with van der Waals surface area (Å²) in [6, 6.07) is 10.8. The maximum atomic E-state index is 13.0. The van der Waals surface area contributed by atoms with Crippen molar-refractivity contribution in [1.29, 1.82) is 0 Å². The highest BCUT2D eigenvalue weighted by Gasteiger charge is 2.20. The highest BCUT2D eigenvalue weighted by molar-refractivity contribution is 5.97. The van der Waals surface area contributed by atoms with Crippen LogP contribution in [0.1, 0.15) is 21.7 Å². The number of carbonyl (C=O) groups is 1. The van der Waals surface area contributed by atoms with E-state index in [1.165, 1.54) is 10.9 Å². The number of nitrogens with zero attached hydrogens (tertiary/aromatic N) is 4. The molecule has 1 aromatic carbocycles. The molecule has 150 valence electrons. The van der Waals surface area contributed by atoms with Crippen molar-refractivity contribution in [1.82, 2.24) is 19.1 Å². The minimum atomic E-state index is -0.286. The molecule has 1 aliphatic rings. The molecule has 0 N–H and O–H groups in total. The number of ketones is 1. The summed E-state index contributed by atoms with van der Waals surface area (Å²) in [4.78, 5) is 34.0. The number of benzene rings is 1. The van der Waals surface area contributed by atoms with Crippen LogP contribution in [0.2, 0.25) is 0 Å². The molecule has 8 heteroatoms. The second-order valence-electron chi connectivity index (χ2n) is 7.13. The zero-order valence-corrected chi connectivity index (χ0v) is 16.5. The Morgan fingerprint density at radius 1 is 1.10 bits per heavy atom. The van der Waals surface area contributed by atoms with Crippen molar-refractivity contribution in [3.63, 3.8) is 0 Å². The number of hydrogen-bond acceptors (Lipinski definition) is 6. The van der Waals surface area contributed by atoms with E-state index in [9.17, 15) is 9.59 Å². The average molecular weight is 402 g/mol. The van der Waals surface area contributed by atoms with Gasteiger partial charge in [-0.05, 0) is 44.2 Å². The predicted octanol–water partition coefficient (Wildman–Crippen LogP) is 2.81. The molecular formula is C22H18N4O4. The highest BCUT2D eigenvalue weighted by Crippen LogP contribution is 2.35. The number of rotatable bonds is 4. The minimum Gasteiger partial charge on any atom is -0.454 e. The van der Waals surface area contributed by atoms with E-state index in [1.807, 2.05) is 42.7 Å². The molecule has 30 heavy (non-hydrogen) atoms. The van der Waals surface area contributed by atoms with Gasteiger partial charge in [0.25, 0.3) is 5.56 Å². The summed E-state index contributed by atoms with van der Waals surface area (Å²) in [6.07, 6.45) is 2.95. The Hall–Kier alpha value is -3.94. The number of Topliss-reactive ketones (excluding diaryl/α,β-unsaturated/α-hetero) is 1. The average Bonchev–Trinajstić information content (AvgIpc) is 3.33. The smallest absolute Gasteiger partial charge is 0.263 e. The molecule has 0 amide bonds. The third-order valence-electron chi connectivity index (χ3n) is 5.26. The molecule has 0 saturated heterocycles. The molecule has 0 atom stereocenters. The first-order valence-corrected chi connectivity index (χ1v) is 9.45. The Morgan fingerprint density at radius 3 is 2.80 bits per heavy atom. The third kappa shape index (κ3) is 2.85. The van der Waals surface area contributed by atoms with Crippen LogP contribution in [0.25, 0.3) is 16.7 Å². The Balaban J connectivity index is 1.50. The predicted molar refractivity (Wildman–Crippen MR) is 109 cm³/mol. The van der Waals surface area contributed by atoms with Crippen molar-refractivity contribution >= 4 is 16.8 Å². The van der Waals surface area contributed by atoms with Gasteiger partial charge in [0.05, 0.1) is 11.9 Å². The van der Waals surface area contributed by atoms with Gasteiger partial charge < -0.3 is 14.0 Å². The van der Waals surface area contributed by atoms with E-state index in [4.69, 9.17) is 9.47 Å². The minimum absolute atomic E-state index is 0.0951. The second kappa shape index (κ2) is 6.84. The van der Waals surface area contributed by atoms with Gasteiger partial charge >= 0.3 is 0 Å². The molecule has 0 unspecified atom stereocenters. The van der Waals surface area contributed by atoms with Crippen LogP contribution in [0, 0.1) is 13.8 Å². The highest BCUT2D eigenvalue weighted by atomic mass is 16.7. The standard InChI is InChI=1S/C22H18N4O4/c1-13-8-17(14(2)26(13)15-5-6-19-20(9-15)30-12-29-19)18(27)10-25-11-24-21-16(22(25)28)4-3-7-23-21/h3-9,11H,10,12H2,1-2H3. The zero-order chi connectivity index (χ0) is 20.8. The lowest BCUT2D eigenvalue weighted by atomic mass is 10.1. The van der Waals surface area contributed by atoms with Gasteiger partial charge in [-0.25, -0.2) is 9.97 Å². The van der Waals surface area contributed by atoms with Crippen molar-refractivity contribution in [3.05, 3.63) is 76.2 Å². The summed E-state index contributed by atoms with van der Waals surface area (Å²) < 4.78 is 14.1. The normalized spacial score (nSPS) is 12.5. The van der Waals surface area contributed by atoms with E-state index >= 15 is 0 Å². The van der Waals surface area contributed by atoms with E-state index in [0.29, 0.717) is 28.1 Å². The van der Waals surface area contributed by atoms with Gasteiger partial charge in [0.1, 0.15) is 6.33 Å². The number of carbonyl (C=O) groups excluding carboxylic acids is 1. The van der Waals surface area contributed by atoms with Gasteiger partial charge in [-0.2, -0.15) is 0 Å². The molecule has 1 aliphatic heterocycles. The van der Waals surface area contributed by atoms with E-state index in [1.54, 1.807) is 18.3 Å². The van der Waals surface area contributed by atoms with Crippen LogP contribution >= 0.6 is 0 Å². The maximum absolute atomic E-state index is 13.0. The molecule has 3 aromatic heterocycles. The number of aryl methyl sites for hydroxylation is 1.